The Balaban J connectivity index is 1.55. The van der Waals surface area contributed by atoms with Gasteiger partial charge in [-0.2, -0.15) is 0 Å². The van der Waals surface area contributed by atoms with Gasteiger partial charge in [-0.1, -0.05) is 11.6 Å². The summed E-state index contributed by atoms with van der Waals surface area (Å²) in [6.07, 6.45) is 8.24. The minimum Gasteiger partial charge on any atom is -0.437 e. The van der Waals surface area contributed by atoms with E-state index in [-0.39, 0.29) is 11.9 Å². The number of carbonyl (C=O) groups is 1. The van der Waals surface area contributed by atoms with Crippen LogP contribution in [-0.2, 0) is 0 Å². The molecule has 136 valence electrons. The number of benzene rings is 1. The standard InChI is InChI=1S/C20H17ClN4O2/c21-15-5-7-16(8-6-15)27-19-13-23-12-17(24-19)18-4-2-10-25(18)20(26)14-3-1-9-22-11-14/h1,3,5-9,11-13,18H,2,4,10H2/t18-/m1/s1. The van der Waals surface area contributed by atoms with Crippen LogP contribution in [0.4, 0.5) is 0 Å². The first-order valence-corrected chi connectivity index (χ1v) is 9.05. The lowest BCUT2D eigenvalue weighted by Crippen LogP contribution is -2.31. The van der Waals surface area contributed by atoms with Crippen LogP contribution in [0.25, 0.3) is 0 Å². The summed E-state index contributed by atoms with van der Waals surface area (Å²) < 4.78 is 5.77. The Morgan fingerprint density at radius 2 is 1.96 bits per heavy atom. The second kappa shape index (κ2) is 7.72. The molecule has 0 unspecified atom stereocenters. The molecule has 0 aliphatic carbocycles. The number of hydrogen-bond acceptors (Lipinski definition) is 5. The van der Waals surface area contributed by atoms with Gasteiger partial charge in [0.15, 0.2) is 0 Å². The van der Waals surface area contributed by atoms with Gasteiger partial charge in [-0.05, 0) is 49.2 Å². The van der Waals surface area contributed by atoms with Crippen molar-refractivity contribution in [3.63, 3.8) is 0 Å². The van der Waals surface area contributed by atoms with E-state index in [1.807, 2.05) is 4.90 Å². The SMILES string of the molecule is O=C(c1cccnc1)N1CCC[C@@H]1c1cncc(Oc2ccc(Cl)cc2)n1. The molecule has 0 radical (unpaired) electrons. The van der Waals surface area contributed by atoms with Gasteiger partial charge in [-0.25, -0.2) is 4.98 Å². The van der Waals surface area contributed by atoms with Crippen LogP contribution in [0.2, 0.25) is 5.02 Å². The molecule has 2 aromatic heterocycles. The molecule has 4 rings (SSSR count). The summed E-state index contributed by atoms with van der Waals surface area (Å²) in [6.45, 7) is 0.683. The molecule has 1 atom stereocenters. The van der Waals surface area contributed by atoms with E-state index >= 15 is 0 Å². The molecule has 1 amide bonds. The number of pyridine rings is 1. The van der Waals surface area contributed by atoms with Gasteiger partial charge in [-0.3, -0.25) is 14.8 Å². The highest BCUT2D eigenvalue weighted by Crippen LogP contribution is 2.33. The smallest absolute Gasteiger partial charge is 0.255 e. The third kappa shape index (κ3) is 3.90. The number of likely N-dealkylation sites (tertiary alicyclic amines) is 1. The predicted molar refractivity (Wildman–Crippen MR) is 101 cm³/mol. The third-order valence-electron chi connectivity index (χ3n) is 4.43. The summed E-state index contributed by atoms with van der Waals surface area (Å²) in [5, 5.41) is 0.637. The lowest BCUT2D eigenvalue weighted by atomic mass is 10.1. The van der Waals surface area contributed by atoms with Gasteiger partial charge in [0.25, 0.3) is 5.91 Å². The van der Waals surface area contributed by atoms with E-state index in [1.54, 1.807) is 61.2 Å². The number of amides is 1. The molecule has 1 aliphatic rings. The fraction of sp³-hybridized carbons (Fsp3) is 0.200. The molecular formula is C20H17ClN4O2. The first kappa shape index (κ1) is 17.4. The van der Waals surface area contributed by atoms with Crippen LogP contribution < -0.4 is 4.74 Å². The van der Waals surface area contributed by atoms with Gasteiger partial charge in [0, 0.05) is 24.0 Å². The molecule has 3 heterocycles. The molecule has 1 aromatic carbocycles. The average molecular weight is 381 g/mol. The van der Waals surface area contributed by atoms with Gasteiger partial charge in [-0.15, -0.1) is 0 Å². The monoisotopic (exact) mass is 380 g/mol. The molecular weight excluding hydrogens is 364 g/mol. The molecule has 7 heteroatoms. The van der Waals surface area contributed by atoms with Crippen molar-refractivity contribution in [3.8, 4) is 11.6 Å². The molecule has 1 fully saturated rings. The lowest BCUT2D eigenvalue weighted by molar-refractivity contribution is 0.0732. The Morgan fingerprint density at radius 3 is 2.74 bits per heavy atom. The average Bonchev–Trinajstić information content (AvgIpc) is 3.20. The quantitative estimate of drug-likeness (QED) is 0.675. The van der Waals surface area contributed by atoms with Gasteiger partial charge >= 0.3 is 0 Å². The van der Waals surface area contributed by atoms with Crippen molar-refractivity contribution in [2.75, 3.05) is 6.54 Å². The van der Waals surface area contributed by atoms with E-state index < -0.39 is 0 Å². The normalized spacial score (nSPS) is 16.3. The largest absolute Gasteiger partial charge is 0.437 e. The summed E-state index contributed by atoms with van der Waals surface area (Å²) in [4.78, 5) is 27.5. The van der Waals surface area contributed by atoms with Crippen LogP contribution in [-0.4, -0.2) is 32.3 Å². The first-order valence-electron chi connectivity index (χ1n) is 8.67. The summed E-state index contributed by atoms with van der Waals surface area (Å²) in [5.74, 6) is 0.965. The molecule has 0 bridgehead atoms. The zero-order valence-electron chi connectivity index (χ0n) is 14.5. The van der Waals surface area contributed by atoms with Crippen molar-refractivity contribution < 1.29 is 9.53 Å². The number of carbonyl (C=O) groups excluding carboxylic acids is 1. The fourth-order valence-electron chi connectivity index (χ4n) is 3.17. The van der Waals surface area contributed by atoms with E-state index in [0.717, 1.165) is 18.5 Å². The van der Waals surface area contributed by atoms with Crippen molar-refractivity contribution in [3.05, 3.63) is 77.5 Å². The van der Waals surface area contributed by atoms with Crippen molar-refractivity contribution in [2.45, 2.75) is 18.9 Å². The summed E-state index contributed by atoms with van der Waals surface area (Å²) in [7, 11) is 0. The van der Waals surface area contributed by atoms with Crippen LogP contribution in [0, 0.1) is 0 Å². The topological polar surface area (TPSA) is 68.2 Å². The highest BCUT2D eigenvalue weighted by Gasteiger charge is 2.32. The van der Waals surface area contributed by atoms with E-state index in [0.29, 0.717) is 28.8 Å². The number of aromatic nitrogens is 3. The van der Waals surface area contributed by atoms with E-state index in [9.17, 15) is 4.79 Å². The Labute approximate surface area is 161 Å². The number of nitrogens with zero attached hydrogens (tertiary/aromatic N) is 4. The Morgan fingerprint density at radius 1 is 1.11 bits per heavy atom. The molecule has 1 aliphatic heterocycles. The molecule has 1 saturated heterocycles. The number of hydrogen-bond donors (Lipinski definition) is 0. The van der Waals surface area contributed by atoms with Crippen molar-refractivity contribution in [1.82, 2.24) is 19.9 Å². The molecule has 0 saturated carbocycles. The molecule has 0 N–H and O–H groups in total. The van der Waals surface area contributed by atoms with E-state index in [2.05, 4.69) is 15.0 Å². The Hall–Kier alpha value is -2.99. The van der Waals surface area contributed by atoms with Crippen LogP contribution >= 0.6 is 11.6 Å². The zero-order chi connectivity index (χ0) is 18.6. The van der Waals surface area contributed by atoms with E-state index in [1.165, 1.54) is 0 Å². The van der Waals surface area contributed by atoms with Crippen molar-refractivity contribution >= 4 is 17.5 Å². The van der Waals surface area contributed by atoms with Gasteiger partial charge in [0.05, 0.1) is 29.7 Å². The maximum absolute atomic E-state index is 12.8. The van der Waals surface area contributed by atoms with Crippen molar-refractivity contribution in [2.24, 2.45) is 0 Å². The summed E-state index contributed by atoms with van der Waals surface area (Å²) in [5.41, 5.74) is 1.29. The Bertz CT molecular complexity index is 934. The van der Waals surface area contributed by atoms with Crippen molar-refractivity contribution in [1.29, 1.82) is 0 Å². The number of halogens is 1. The minimum absolute atomic E-state index is 0.0450. The third-order valence-corrected chi connectivity index (χ3v) is 4.68. The molecule has 27 heavy (non-hydrogen) atoms. The highest BCUT2D eigenvalue weighted by atomic mass is 35.5. The van der Waals surface area contributed by atoms with Gasteiger partial charge in [0.1, 0.15) is 5.75 Å². The van der Waals surface area contributed by atoms with Crippen LogP contribution in [0.15, 0.2) is 61.2 Å². The van der Waals surface area contributed by atoms with Crippen LogP contribution in [0.3, 0.4) is 0 Å². The summed E-state index contributed by atoms with van der Waals surface area (Å²) >= 11 is 5.90. The minimum atomic E-state index is -0.126. The highest BCUT2D eigenvalue weighted by molar-refractivity contribution is 6.30. The Kier molecular flexibility index (Phi) is 4.98. The first-order chi connectivity index (χ1) is 13.2. The lowest BCUT2D eigenvalue weighted by Gasteiger charge is -2.24. The van der Waals surface area contributed by atoms with Gasteiger partial charge < -0.3 is 9.64 Å². The fourth-order valence-corrected chi connectivity index (χ4v) is 3.29. The zero-order valence-corrected chi connectivity index (χ0v) is 15.2. The second-order valence-corrected chi connectivity index (χ2v) is 6.67. The van der Waals surface area contributed by atoms with E-state index in [4.69, 9.17) is 16.3 Å². The van der Waals surface area contributed by atoms with Gasteiger partial charge in [0.2, 0.25) is 5.88 Å². The van der Waals surface area contributed by atoms with Crippen LogP contribution in [0.1, 0.15) is 34.9 Å². The predicted octanol–water partition coefficient (Wildman–Crippen LogP) is 4.29. The molecule has 3 aromatic rings. The number of ether oxygens (including phenoxy) is 1. The number of rotatable bonds is 4. The maximum atomic E-state index is 12.8. The maximum Gasteiger partial charge on any atom is 0.255 e. The molecule has 0 spiro atoms. The summed E-state index contributed by atoms with van der Waals surface area (Å²) in [6, 6.07) is 10.4. The molecule has 6 nitrogen and oxygen atoms in total. The van der Waals surface area contributed by atoms with Crippen LogP contribution in [0.5, 0.6) is 11.6 Å². The second-order valence-electron chi connectivity index (χ2n) is 6.24.